The highest BCUT2D eigenvalue weighted by molar-refractivity contribution is 5.90. The molecular formula is C29H38O7. The fourth-order valence-electron chi connectivity index (χ4n) is 3.92. The number of esters is 2. The van der Waals surface area contributed by atoms with Gasteiger partial charge in [0.05, 0.1) is 19.0 Å². The first-order valence-corrected chi connectivity index (χ1v) is 12.6. The minimum atomic E-state index is -0.820. The van der Waals surface area contributed by atoms with Crippen molar-refractivity contribution < 1.29 is 33.7 Å². The van der Waals surface area contributed by atoms with E-state index in [1.165, 1.54) is 13.2 Å². The fraction of sp³-hybridized carbons (Fsp3) is 0.483. The van der Waals surface area contributed by atoms with E-state index in [4.69, 9.17) is 9.47 Å². The van der Waals surface area contributed by atoms with Crippen LogP contribution < -0.4 is 0 Å². The maximum Gasteiger partial charge on any atom is 0.339 e. The van der Waals surface area contributed by atoms with Crippen molar-refractivity contribution in [3.05, 3.63) is 71.3 Å². The molecule has 0 radical (unpaired) electrons. The summed E-state index contributed by atoms with van der Waals surface area (Å²) >= 11 is 0. The first-order chi connectivity index (χ1) is 17.4. The van der Waals surface area contributed by atoms with Gasteiger partial charge in [0.15, 0.2) is 0 Å². The monoisotopic (exact) mass is 498 g/mol. The van der Waals surface area contributed by atoms with Crippen molar-refractivity contribution in [1.82, 2.24) is 0 Å². The third-order valence-corrected chi connectivity index (χ3v) is 6.09. The van der Waals surface area contributed by atoms with Crippen LogP contribution in [-0.2, 0) is 28.6 Å². The lowest BCUT2D eigenvalue weighted by Crippen LogP contribution is -2.30. The summed E-state index contributed by atoms with van der Waals surface area (Å²) in [5.74, 6) is 0.468. The van der Waals surface area contributed by atoms with Crippen molar-refractivity contribution in [3.63, 3.8) is 0 Å². The van der Waals surface area contributed by atoms with E-state index in [1.54, 1.807) is 24.3 Å². The van der Waals surface area contributed by atoms with Gasteiger partial charge in [-0.15, -0.1) is 0 Å². The summed E-state index contributed by atoms with van der Waals surface area (Å²) in [5.41, 5.74) is 1.84. The van der Waals surface area contributed by atoms with Gasteiger partial charge >= 0.3 is 11.9 Å². The van der Waals surface area contributed by atoms with Crippen LogP contribution in [0, 0.1) is 0 Å². The molecule has 2 rings (SSSR count). The highest BCUT2D eigenvalue weighted by Crippen LogP contribution is 2.27. The third-order valence-electron chi connectivity index (χ3n) is 6.09. The largest absolute Gasteiger partial charge is 0.492 e. The molecule has 196 valence electrons. The molecular weight excluding hydrogens is 460 g/mol. The second kappa shape index (κ2) is 15.7. The minimum absolute atomic E-state index is 0.173. The summed E-state index contributed by atoms with van der Waals surface area (Å²) in [6.45, 7) is 5.81. The Kier molecular flexibility index (Phi) is 12.7. The van der Waals surface area contributed by atoms with E-state index in [-0.39, 0.29) is 6.42 Å². The fourth-order valence-corrected chi connectivity index (χ4v) is 3.92. The van der Waals surface area contributed by atoms with E-state index in [0.717, 1.165) is 31.3 Å². The lowest BCUT2D eigenvalue weighted by atomic mass is 9.99. The molecule has 36 heavy (non-hydrogen) atoms. The summed E-state index contributed by atoms with van der Waals surface area (Å²) in [7, 11) is 1.33. The number of aliphatic hydroxyl groups excluding tert-OH is 1. The molecule has 2 unspecified atom stereocenters. The molecule has 2 aliphatic rings. The maximum atomic E-state index is 12.6. The van der Waals surface area contributed by atoms with Crippen LogP contribution in [0.1, 0.15) is 71.1 Å². The Balaban J connectivity index is 1.96. The van der Waals surface area contributed by atoms with E-state index in [0.29, 0.717) is 61.1 Å². The number of hydrogen-bond acceptors (Lipinski definition) is 7. The van der Waals surface area contributed by atoms with Crippen LogP contribution in [0.15, 0.2) is 71.3 Å². The maximum absolute atomic E-state index is 12.6. The van der Waals surface area contributed by atoms with Gasteiger partial charge in [0, 0.05) is 30.9 Å². The Hall–Kier alpha value is -3.19. The number of hydrogen-bond donors (Lipinski definition) is 1. The third kappa shape index (κ3) is 10.2. The summed E-state index contributed by atoms with van der Waals surface area (Å²) in [6.07, 6.45) is 16.8. The predicted molar refractivity (Wildman–Crippen MR) is 138 cm³/mol. The average molecular weight is 499 g/mol. The van der Waals surface area contributed by atoms with Crippen molar-refractivity contribution in [2.24, 2.45) is 0 Å². The second-order valence-corrected chi connectivity index (χ2v) is 9.00. The summed E-state index contributed by atoms with van der Waals surface area (Å²) in [4.78, 5) is 34.8. The molecule has 0 amide bonds. The number of methoxy groups -OCH3 is 1. The van der Waals surface area contributed by atoms with E-state index < -0.39 is 24.1 Å². The highest BCUT2D eigenvalue weighted by Gasteiger charge is 2.24. The summed E-state index contributed by atoms with van der Waals surface area (Å²) in [5, 5.41) is 10.6. The molecule has 2 atom stereocenters. The van der Waals surface area contributed by atoms with Gasteiger partial charge in [0.2, 0.25) is 0 Å². The molecule has 0 aromatic rings. The zero-order valence-electron chi connectivity index (χ0n) is 21.4. The van der Waals surface area contributed by atoms with Gasteiger partial charge in [0.25, 0.3) is 0 Å². The number of ether oxygens (including phenoxy) is 3. The van der Waals surface area contributed by atoms with Crippen molar-refractivity contribution in [1.29, 1.82) is 0 Å². The first kappa shape index (κ1) is 29.0. The van der Waals surface area contributed by atoms with Crippen LogP contribution in [-0.4, -0.2) is 42.6 Å². The molecule has 2 aliphatic carbocycles. The Labute approximate surface area is 213 Å². The van der Waals surface area contributed by atoms with Crippen LogP contribution in [0.25, 0.3) is 0 Å². The number of unbranched alkanes of at least 4 members (excludes halogenated alkanes) is 3. The molecule has 0 aromatic carbocycles. The SMILES string of the molecule is C=C(C=O)CC(O)C(CCCCCC)OC1=CC=C(C(=O)OC2=CC=C(/C=C/C(=O)OC)CC2)CC1. The Morgan fingerprint density at radius 1 is 1.06 bits per heavy atom. The van der Waals surface area contributed by atoms with Crippen LogP contribution >= 0.6 is 0 Å². The van der Waals surface area contributed by atoms with Crippen molar-refractivity contribution in [2.75, 3.05) is 7.11 Å². The van der Waals surface area contributed by atoms with Gasteiger partial charge in [-0.1, -0.05) is 44.9 Å². The van der Waals surface area contributed by atoms with E-state index >= 15 is 0 Å². The lowest BCUT2D eigenvalue weighted by molar-refractivity contribution is -0.136. The molecule has 7 heteroatoms. The Bertz CT molecular complexity index is 949. The average Bonchev–Trinajstić information content (AvgIpc) is 2.89. The normalized spacial score (nSPS) is 17.2. The van der Waals surface area contributed by atoms with Crippen LogP contribution in [0.3, 0.4) is 0 Å². The number of rotatable bonds is 15. The second-order valence-electron chi connectivity index (χ2n) is 9.00. The Morgan fingerprint density at radius 3 is 2.42 bits per heavy atom. The number of allylic oxidation sites excluding steroid dienone is 8. The van der Waals surface area contributed by atoms with Gasteiger partial charge in [-0.05, 0) is 55.1 Å². The minimum Gasteiger partial charge on any atom is -0.492 e. The molecule has 0 fully saturated rings. The molecule has 0 aromatic heterocycles. The van der Waals surface area contributed by atoms with Crippen molar-refractivity contribution in [2.45, 2.75) is 83.3 Å². The van der Waals surface area contributed by atoms with E-state index in [1.807, 2.05) is 6.08 Å². The number of aldehydes is 1. The standard InChI is InChI=1S/C29H38O7/c1-4-5-6-7-8-27(26(31)19-21(2)20-30)35-24-16-12-23(13-17-24)29(33)36-25-14-9-22(10-15-25)11-18-28(32)34-3/h9,11-12,14,16,18,20,26-27,31H,2,4-8,10,13,15,17,19H2,1,3H3/b18-11+. The van der Waals surface area contributed by atoms with Gasteiger partial charge in [0.1, 0.15) is 18.1 Å². The quantitative estimate of drug-likeness (QED) is 0.141. The summed E-state index contributed by atoms with van der Waals surface area (Å²) in [6, 6.07) is 0. The molecule has 0 bridgehead atoms. The van der Waals surface area contributed by atoms with E-state index in [2.05, 4.69) is 18.2 Å². The number of carbonyl (C=O) groups is 3. The molecule has 0 heterocycles. The van der Waals surface area contributed by atoms with Crippen molar-refractivity contribution >= 4 is 18.2 Å². The molecule has 0 saturated carbocycles. The lowest BCUT2D eigenvalue weighted by Gasteiger charge is -2.27. The van der Waals surface area contributed by atoms with Crippen molar-refractivity contribution in [3.8, 4) is 0 Å². The smallest absolute Gasteiger partial charge is 0.339 e. The van der Waals surface area contributed by atoms with Crippen LogP contribution in [0.5, 0.6) is 0 Å². The predicted octanol–water partition coefficient (Wildman–Crippen LogP) is 5.33. The van der Waals surface area contributed by atoms with Gasteiger partial charge in [-0.2, -0.15) is 0 Å². The first-order valence-electron chi connectivity index (χ1n) is 12.6. The van der Waals surface area contributed by atoms with Gasteiger partial charge in [-0.25, -0.2) is 9.59 Å². The van der Waals surface area contributed by atoms with Gasteiger partial charge < -0.3 is 19.3 Å². The van der Waals surface area contributed by atoms with Crippen LogP contribution in [0.2, 0.25) is 0 Å². The van der Waals surface area contributed by atoms with Gasteiger partial charge in [-0.3, -0.25) is 4.79 Å². The zero-order valence-corrected chi connectivity index (χ0v) is 21.4. The molecule has 0 aliphatic heterocycles. The molecule has 7 nitrogen and oxygen atoms in total. The highest BCUT2D eigenvalue weighted by atomic mass is 16.5. The number of aliphatic hydroxyl groups is 1. The summed E-state index contributed by atoms with van der Waals surface area (Å²) < 4.78 is 16.3. The molecule has 0 spiro atoms. The molecule has 1 N–H and O–H groups in total. The topological polar surface area (TPSA) is 99.1 Å². The van der Waals surface area contributed by atoms with Crippen LogP contribution in [0.4, 0.5) is 0 Å². The molecule has 0 saturated heterocycles. The Morgan fingerprint density at radius 2 is 1.81 bits per heavy atom. The number of carbonyl (C=O) groups excluding carboxylic acids is 3. The van der Waals surface area contributed by atoms with E-state index in [9.17, 15) is 19.5 Å². The zero-order chi connectivity index (χ0) is 26.3.